The van der Waals surface area contributed by atoms with Crippen molar-refractivity contribution in [3.63, 3.8) is 0 Å². The van der Waals surface area contributed by atoms with Gasteiger partial charge in [0.25, 0.3) is 0 Å². The molecule has 0 bridgehead atoms. The lowest BCUT2D eigenvalue weighted by molar-refractivity contribution is 0.745. The van der Waals surface area contributed by atoms with Crippen LogP contribution in [0.2, 0.25) is 5.02 Å². The number of halogens is 1. The zero-order valence-corrected chi connectivity index (χ0v) is 9.23. The fraction of sp³-hybridized carbons (Fsp3) is 0.333. The van der Waals surface area contributed by atoms with Crippen molar-refractivity contribution in [3.05, 3.63) is 40.4 Å². The van der Waals surface area contributed by atoms with Crippen LogP contribution in [0.1, 0.15) is 18.1 Å². The van der Waals surface area contributed by atoms with Crippen LogP contribution in [0.15, 0.2) is 24.3 Å². The summed E-state index contributed by atoms with van der Waals surface area (Å²) in [4.78, 5) is 0. The molecular formula is C12H14ClN. The van der Waals surface area contributed by atoms with Gasteiger partial charge in [-0.3, -0.25) is 0 Å². The van der Waals surface area contributed by atoms with Crippen LogP contribution in [0, 0.1) is 0 Å². The molecule has 0 radical (unpaired) electrons. The van der Waals surface area contributed by atoms with Gasteiger partial charge >= 0.3 is 0 Å². The van der Waals surface area contributed by atoms with Crippen LogP contribution >= 0.6 is 11.6 Å². The Labute approximate surface area is 89.8 Å². The Kier molecular flexibility index (Phi) is 2.62. The minimum absolute atomic E-state index is 0.398. The molecule has 0 saturated heterocycles. The van der Waals surface area contributed by atoms with Gasteiger partial charge in [-0.1, -0.05) is 29.8 Å². The topological polar surface area (TPSA) is 12.0 Å². The van der Waals surface area contributed by atoms with Crippen molar-refractivity contribution in [2.45, 2.75) is 19.4 Å². The minimum atomic E-state index is 0.398. The lowest BCUT2D eigenvalue weighted by Gasteiger charge is -2.13. The zero-order valence-electron chi connectivity index (χ0n) is 8.47. The highest BCUT2D eigenvalue weighted by molar-refractivity contribution is 6.31. The van der Waals surface area contributed by atoms with Crippen LogP contribution in [0.3, 0.4) is 0 Å². The molecule has 0 aromatic heterocycles. The monoisotopic (exact) mass is 207 g/mol. The maximum absolute atomic E-state index is 6.13. The summed E-state index contributed by atoms with van der Waals surface area (Å²) in [5.41, 5.74) is 3.94. The van der Waals surface area contributed by atoms with Gasteiger partial charge < -0.3 is 5.32 Å². The Morgan fingerprint density at radius 3 is 2.93 bits per heavy atom. The van der Waals surface area contributed by atoms with E-state index in [9.17, 15) is 0 Å². The van der Waals surface area contributed by atoms with Gasteiger partial charge in [-0.2, -0.15) is 0 Å². The predicted octanol–water partition coefficient (Wildman–Crippen LogP) is 2.89. The minimum Gasteiger partial charge on any atom is -0.313 e. The second-order valence-corrected chi connectivity index (χ2v) is 4.05. The summed E-state index contributed by atoms with van der Waals surface area (Å²) in [6.07, 6.45) is 3.23. The summed E-state index contributed by atoms with van der Waals surface area (Å²) in [5.74, 6) is 0. The van der Waals surface area contributed by atoms with E-state index < -0.39 is 0 Å². The molecule has 2 heteroatoms. The summed E-state index contributed by atoms with van der Waals surface area (Å²) < 4.78 is 0. The Hall–Kier alpha value is -0.790. The van der Waals surface area contributed by atoms with Gasteiger partial charge in [-0.15, -0.1) is 0 Å². The Bertz CT molecular complexity index is 382. The first kappa shape index (κ1) is 9.75. The van der Waals surface area contributed by atoms with E-state index in [4.69, 9.17) is 11.6 Å². The van der Waals surface area contributed by atoms with Crippen LogP contribution in [0.25, 0.3) is 5.57 Å². The molecule has 14 heavy (non-hydrogen) atoms. The van der Waals surface area contributed by atoms with E-state index in [2.05, 4.69) is 24.4 Å². The van der Waals surface area contributed by atoms with Gasteiger partial charge in [0.15, 0.2) is 0 Å². The van der Waals surface area contributed by atoms with Gasteiger partial charge in [0, 0.05) is 11.1 Å². The van der Waals surface area contributed by atoms with Gasteiger partial charge in [-0.05, 0) is 43.2 Å². The zero-order chi connectivity index (χ0) is 10.1. The number of allylic oxidation sites excluding steroid dienone is 1. The van der Waals surface area contributed by atoms with E-state index in [0.717, 1.165) is 11.4 Å². The summed E-state index contributed by atoms with van der Waals surface area (Å²) in [7, 11) is 1.98. The molecule has 1 aliphatic rings. The Morgan fingerprint density at radius 2 is 2.21 bits per heavy atom. The van der Waals surface area contributed by atoms with Gasteiger partial charge in [0.2, 0.25) is 0 Å². The number of benzene rings is 1. The smallest absolute Gasteiger partial charge is 0.0447 e. The molecule has 74 valence electrons. The SMILES string of the molecule is CNC(C)C1=CCc2c(Cl)cccc21. The van der Waals surface area contributed by atoms with Crippen molar-refractivity contribution < 1.29 is 0 Å². The average Bonchev–Trinajstić information content (AvgIpc) is 2.62. The average molecular weight is 208 g/mol. The second-order valence-electron chi connectivity index (χ2n) is 3.64. The van der Waals surface area contributed by atoms with Gasteiger partial charge in [0.1, 0.15) is 0 Å². The van der Waals surface area contributed by atoms with Gasteiger partial charge in [-0.25, -0.2) is 0 Å². The Morgan fingerprint density at radius 1 is 1.43 bits per heavy atom. The first-order chi connectivity index (χ1) is 6.74. The molecule has 0 amide bonds. The van der Waals surface area contributed by atoms with Crippen molar-refractivity contribution in [2.24, 2.45) is 0 Å². The largest absolute Gasteiger partial charge is 0.313 e. The van der Waals surface area contributed by atoms with E-state index in [1.54, 1.807) is 0 Å². The Balaban J connectivity index is 2.42. The molecule has 0 aliphatic heterocycles. The summed E-state index contributed by atoms with van der Waals surface area (Å²) >= 11 is 6.13. The highest BCUT2D eigenvalue weighted by Gasteiger charge is 2.19. The normalized spacial score (nSPS) is 16.4. The van der Waals surface area contributed by atoms with Crippen molar-refractivity contribution in [2.75, 3.05) is 7.05 Å². The van der Waals surface area contributed by atoms with Crippen molar-refractivity contribution in [1.82, 2.24) is 5.32 Å². The molecule has 1 unspecified atom stereocenters. The summed E-state index contributed by atoms with van der Waals surface area (Å²) in [5, 5.41) is 4.14. The highest BCUT2D eigenvalue weighted by atomic mass is 35.5. The lowest BCUT2D eigenvalue weighted by Crippen LogP contribution is -2.22. The van der Waals surface area contributed by atoms with Crippen molar-refractivity contribution in [1.29, 1.82) is 0 Å². The number of hydrogen-bond donors (Lipinski definition) is 1. The number of nitrogens with one attached hydrogen (secondary N) is 1. The molecule has 1 aliphatic carbocycles. The standard InChI is InChI=1S/C12H14ClN/c1-8(14-2)9-6-7-11-10(9)4-3-5-12(11)13/h3-6,8,14H,7H2,1-2H3. The first-order valence-corrected chi connectivity index (χ1v) is 5.27. The fourth-order valence-electron chi connectivity index (χ4n) is 1.92. The van der Waals surface area contributed by atoms with E-state index in [1.807, 2.05) is 19.2 Å². The molecule has 1 N–H and O–H groups in total. The maximum Gasteiger partial charge on any atom is 0.0447 e. The number of fused-ring (bicyclic) bond motifs is 1. The second kappa shape index (κ2) is 3.76. The van der Waals surface area contributed by atoms with E-state index in [0.29, 0.717) is 6.04 Å². The third-order valence-corrected chi connectivity index (χ3v) is 3.21. The molecule has 1 atom stereocenters. The van der Waals surface area contributed by atoms with Crippen LogP contribution in [0.4, 0.5) is 0 Å². The molecule has 0 fully saturated rings. The number of hydrogen-bond acceptors (Lipinski definition) is 1. The molecule has 1 nitrogen and oxygen atoms in total. The molecule has 0 saturated carbocycles. The molecule has 0 spiro atoms. The fourth-order valence-corrected chi connectivity index (χ4v) is 2.18. The third-order valence-electron chi connectivity index (χ3n) is 2.86. The van der Waals surface area contributed by atoms with E-state index in [-0.39, 0.29) is 0 Å². The van der Waals surface area contributed by atoms with Crippen molar-refractivity contribution >= 4 is 17.2 Å². The molecule has 1 aromatic rings. The molecule has 2 rings (SSSR count). The highest BCUT2D eigenvalue weighted by Crippen LogP contribution is 2.33. The quantitative estimate of drug-likeness (QED) is 0.787. The number of likely N-dealkylation sites (N-methyl/N-ethyl adjacent to an activating group) is 1. The third kappa shape index (κ3) is 1.47. The summed E-state index contributed by atoms with van der Waals surface area (Å²) in [6, 6.07) is 6.52. The molecule has 0 heterocycles. The van der Waals surface area contributed by atoms with Crippen LogP contribution in [0.5, 0.6) is 0 Å². The van der Waals surface area contributed by atoms with Crippen LogP contribution in [-0.2, 0) is 6.42 Å². The summed E-state index contributed by atoms with van der Waals surface area (Å²) in [6.45, 7) is 2.17. The predicted molar refractivity (Wildman–Crippen MR) is 61.7 cm³/mol. The molecule has 1 aromatic carbocycles. The van der Waals surface area contributed by atoms with Crippen LogP contribution < -0.4 is 5.32 Å². The van der Waals surface area contributed by atoms with Crippen LogP contribution in [-0.4, -0.2) is 13.1 Å². The van der Waals surface area contributed by atoms with E-state index in [1.165, 1.54) is 16.7 Å². The maximum atomic E-state index is 6.13. The first-order valence-electron chi connectivity index (χ1n) is 4.89. The lowest BCUT2D eigenvalue weighted by atomic mass is 10.0. The number of rotatable bonds is 2. The van der Waals surface area contributed by atoms with Gasteiger partial charge in [0.05, 0.1) is 0 Å². The molecular weight excluding hydrogens is 194 g/mol. The van der Waals surface area contributed by atoms with Crippen molar-refractivity contribution in [3.8, 4) is 0 Å². The van der Waals surface area contributed by atoms with E-state index >= 15 is 0 Å².